The normalized spacial score (nSPS) is 13.3. The average Bonchev–Trinajstić information content (AvgIpc) is 3.33. The van der Waals surface area contributed by atoms with Crippen LogP contribution in [0.2, 0.25) is 0 Å². The minimum Gasteiger partial charge on any atom is -0.612 e. The summed E-state index contributed by atoms with van der Waals surface area (Å²) in [6, 6.07) is 7.86. The number of aromatic nitrogens is 4. The van der Waals surface area contributed by atoms with Crippen molar-refractivity contribution in [3.05, 3.63) is 69.6 Å². The van der Waals surface area contributed by atoms with Gasteiger partial charge < -0.3 is 14.0 Å². The van der Waals surface area contributed by atoms with Crippen LogP contribution in [0.5, 0.6) is 0 Å². The van der Waals surface area contributed by atoms with Crippen LogP contribution in [0.1, 0.15) is 22.8 Å². The highest BCUT2D eigenvalue weighted by molar-refractivity contribution is 8.00. The second-order valence-electron chi connectivity index (χ2n) is 7.33. The largest absolute Gasteiger partial charge is 0.612 e. The lowest BCUT2D eigenvalue weighted by atomic mass is 10.1. The smallest absolute Gasteiger partial charge is 0.435 e. The third-order valence-electron chi connectivity index (χ3n) is 5.07. The molecular formula is C23H17F3N4O3S. The maximum Gasteiger partial charge on any atom is 0.435 e. The zero-order valence-electron chi connectivity index (χ0n) is 18.1. The Morgan fingerprint density at radius 1 is 1.26 bits per heavy atom. The summed E-state index contributed by atoms with van der Waals surface area (Å²) < 4.78 is 59.9. The van der Waals surface area contributed by atoms with Crippen LogP contribution in [-0.4, -0.2) is 30.4 Å². The Balaban J connectivity index is 2.00. The van der Waals surface area contributed by atoms with Crippen LogP contribution in [0, 0.1) is 26.2 Å². The van der Waals surface area contributed by atoms with E-state index in [2.05, 4.69) is 21.0 Å². The van der Waals surface area contributed by atoms with Crippen molar-refractivity contribution in [2.24, 2.45) is 0 Å². The van der Waals surface area contributed by atoms with Crippen LogP contribution in [0.3, 0.4) is 0 Å². The lowest BCUT2D eigenvalue weighted by molar-refractivity contribution is -0.140. The van der Waals surface area contributed by atoms with Gasteiger partial charge in [0, 0.05) is 11.8 Å². The van der Waals surface area contributed by atoms with Gasteiger partial charge in [0.15, 0.2) is 16.3 Å². The van der Waals surface area contributed by atoms with Crippen molar-refractivity contribution in [3.8, 4) is 34.9 Å². The highest BCUT2D eigenvalue weighted by Gasteiger charge is 2.39. The number of aryl methyl sites for hydroxylation is 2. The van der Waals surface area contributed by atoms with Crippen LogP contribution in [0.15, 0.2) is 45.6 Å². The van der Waals surface area contributed by atoms with Crippen molar-refractivity contribution >= 4 is 21.7 Å². The number of nitrogens with one attached hydrogen (secondary N) is 1. The van der Waals surface area contributed by atoms with Gasteiger partial charge in [0.1, 0.15) is 23.2 Å². The van der Waals surface area contributed by atoms with E-state index >= 15 is 0 Å². The fourth-order valence-corrected chi connectivity index (χ4v) is 4.31. The van der Waals surface area contributed by atoms with Crippen molar-refractivity contribution in [1.29, 1.82) is 0 Å². The Morgan fingerprint density at radius 2 is 1.94 bits per heavy atom. The van der Waals surface area contributed by atoms with Crippen molar-refractivity contribution in [3.63, 3.8) is 0 Å². The molecule has 1 N–H and O–H groups in total. The summed E-state index contributed by atoms with van der Waals surface area (Å²) in [4.78, 5) is 20.7. The van der Waals surface area contributed by atoms with Gasteiger partial charge in [0.25, 0.3) is 5.56 Å². The predicted molar refractivity (Wildman–Crippen MR) is 122 cm³/mol. The van der Waals surface area contributed by atoms with E-state index in [4.69, 9.17) is 10.8 Å². The number of allylic oxidation sites excluding steroid dienone is 1. The zero-order chi connectivity index (χ0) is 24.8. The molecule has 0 saturated heterocycles. The van der Waals surface area contributed by atoms with Crippen LogP contribution >= 0.6 is 0 Å². The lowest BCUT2D eigenvalue weighted by Crippen LogP contribution is -2.20. The molecule has 0 aliphatic carbocycles. The maximum atomic E-state index is 13.8. The first-order valence-corrected chi connectivity index (χ1v) is 11.4. The third kappa shape index (κ3) is 3.91. The molecule has 0 spiro atoms. The monoisotopic (exact) mass is 486 g/mol. The highest BCUT2D eigenvalue weighted by atomic mass is 32.2. The second kappa shape index (κ2) is 8.55. The third-order valence-corrected chi connectivity index (χ3v) is 6.00. The Labute approximate surface area is 194 Å². The van der Waals surface area contributed by atoms with Gasteiger partial charge >= 0.3 is 6.18 Å². The molecule has 4 rings (SSSR count). The molecule has 3 heterocycles. The Hall–Kier alpha value is -3.75. The van der Waals surface area contributed by atoms with Crippen LogP contribution in [0.25, 0.3) is 33.1 Å². The van der Waals surface area contributed by atoms with E-state index in [0.717, 1.165) is 0 Å². The van der Waals surface area contributed by atoms with E-state index in [1.807, 2.05) is 0 Å². The van der Waals surface area contributed by atoms with E-state index < -0.39 is 28.6 Å². The number of halogens is 3. The summed E-state index contributed by atoms with van der Waals surface area (Å²) >= 11 is -1.50. The van der Waals surface area contributed by atoms with E-state index in [1.165, 1.54) is 31.4 Å². The molecule has 0 radical (unpaired) electrons. The lowest BCUT2D eigenvalue weighted by Gasteiger charge is -2.07. The van der Waals surface area contributed by atoms with Crippen molar-refractivity contribution in [2.45, 2.75) is 20.0 Å². The minimum atomic E-state index is -4.81. The molecule has 1 unspecified atom stereocenters. The number of rotatable bonds is 4. The summed E-state index contributed by atoms with van der Waals surface area (Å²) in [5.74, 6) is 2.37. The first kappa shape index (κ1) is 23.4. The van der Waals surface area contributed by atoms with E-state index in [0.29, 0.717) is 4.52 Å². The van der Waals surface area contributed by atoms with Gasteiger partial charge in [-0.15, -0.1) is 6.42 Å². The molecule has 3 aromatic heterocycles. The summed E-state index contributed by atoms with van der Waals surface area (Å²) in [5.41, 5.74) is -1.87. The summed E-state index contributed by atoms with van der Waals surface area (Å²) in [5, 5.41) is 3.60. The zero-order valence-corrected chi connectivity index (χ0v) is 19.0. The maximum absolute atomic E-state index is 13.8. The fourth-order valence-electron chi connectivity index (χ4n) is 3.61. The Morgan fingerprint density at radius 3 is 2.53 bits per heavy atom. The molecule has 0 fully saturated rings. The molecule has 7 nitrogen and oxygen atoms in total. The Bertz CT molecular complexity index is 1520. The summed E-state index contributed by atoms with van der Waals surface area (Å²) in [6.07, 6.45) is 3.19. The predicted octanol–water partition coefficient (Wildman–Crippen LogP) is 4.33. The van der Waals surface area contributed by atoms with Gasteiger partial charge in [-0.1, -0.05) is 36.3 Å². The van der Waals surface area contributed by atoms with Gasteiger partial charge in [-0.3, -0.25) is 4.79 Å². The number of nitrogens with zero attached hydrogens (tertiary/aromatic N) is 3. The van der Waals surface area contributed by atoms with Gasteiger partial charge in [-0.25, -0.2) is 4.98 Å². The molecule has 4 aromatic rings. The van der Waals surface area contributed by atoms with Gasteiger partial charge in [-0.2, -0.15) is 22.8 Å². The standard InChI is InChI=1S/C23H17F3N4O3S/c1-5-9-15(34(4)32)18-13(3)33-21(28-18)16-12(2)27-20-17(14-10-7-6-8-11-14)19(23(24,25)26)29-30(20)22(16)31/h1,6-11,27H,2-4H3/b15-9+. The van der Waals surface area contributed by atoms with E-state index in [-0.39, 0.29) is 50.3 Å². The quantitative estimate of drug-likeness (QED) is 0.342. The SMILES string of the molecule is C#C/C=C(\c1nc(-c2c(C)[nH]c3c(-c4ccccc4)c(C(F)(F)F)nn3c2=O)oc1C)[S+](C)[O-]. The number of aromatic amines is 1. The van der Waals surface area contributed by atoms with Crippen LogP contribution < -0.4 is 5.56 Å². The molecule has 0 amide bonds. The van der Waals surface area contributed by atoms with Gasteiger partial charge in [0.05, 0.1) is 5.56 Å². The number of fused-ring (bicyclic) bond motifs is 1. The van der Waals surface area contributed by atoms with E-state index in [9.17, 15) is 22.5 Å². The molecule has 0 aliphatic heterocycles. The number of benzene rings is 1. The van der Waals surface area contributed by atoms with Crippen LogP contribution in [-0.2, 0) is 17.4 Å². The second-order valence-corrected chi connectivity index (χ2v) is 8.68. The van der Waals surface area contributed by atoms with Crippen molar-refractivity contribution in [1.82, 2.24) is 19.6 Å². The molecule has 0 saturated carbocycles. The van der Waals surface area contributed by atoms with Gasteiger partial charge in [-0.05, 0) is 30.6 Å². The number of alkyl halides is 3. The summed E-state index contributed by atoms with van der Waals surface area (Å²) in [6.45, 7) is 3.06. The number of oxazole rings is 1. The van der Waals surface area contributed by atoms with Crippen molar-refractivity contribution in [2.75, 3.05) is 6.26 Å². The highest BCUT2D eigenvalue weighted by Crippen LogP contribution is 2.38. The minimum absolute atomic E-state index is 0.111. The van der Waals surface area contributed by atoms with Crippen LogP contribution in [0.4, 0.5) is 13.2 Å². The number of terminal acetylenes is 1. The molecule has 1 atom stereocenters. The molecule has 34 heavy (non-hydrogen) atoms. The number of H-pyrrole nitrogens is 1. The topological polar surface area (TPSA) is 99.2 Å². The molecule has 11 heteroatoms. The first-order valence-electron chi connectivity index (χ1n) is 9.80. The molecular weight excluding hydrogens is 469 g/mol. The number of hydrogen-bond acceptors (Lipinski definition) is 5. The van der Waals surface area contributed by atoms with E-state index in [1.54, 1.807) is 25.1 Å². The molecule has 0 aliphatic rings. The molecule has 174 valence electrons. The van der Waals surface area contributed by atoms with Crippen molar-refractivity contribution < 1.29 is 22.1 Å². The average molecular weight is 486 g/mol. The first-order chi connectivity index (χ1) is 16.0. The summed E-state index contributed by atoms with van der Waals surface area (Å²) in [7, 11) is 0. The molecule has 0 bridgehead atoms. The molecule has 1 aromatic carbocycles. The number of hydrogen-bond donors (Lipinski definition) is 1. The van der Waals surface area contributed by atoms with Gasteiger partial charge in [0.2, 0.25) is 5.89 Å². The Kier molecular flexibility index (Phi) is 5.89. The fraction of sp³-hybridized carbons (Fsp3) is 0.174.